The average Bonchev–Trinajstić information content (AvgIpc) is 3.02. The van der Waals surface area contributed by atoms with E-state index in [-0.39, 0.29) is 29.5 Å². The predicted octanol–water partition coefficient (Wildman–Crippen LogP) is 1.87. The normalized spacial score (nSPS) is 21.2. The molecule has 9 heteroatoms. The molecule has 0 bridgehead atoms. The van der Waals surface area contributed by atoms with Crippen LogP contribution < -0.4 is 10.5 Å². The molecule has 8 nitrogen and oxygen atoms in total. The molecule has 0 saturated carbocycles. The summed E-state index contributed by atoms with van der Waals surface area (Å²) in [6, 6.07) is 6.91. The van der Waals surface area contributed by atoms with Crippen LogP contribution >= 0.6 is 11.8 Å². The van der Waals surface area contributed by atoms with Gasteiger partial charge in [0.05, 0.1) is 48.2 Å². The number of esters is 2. The first-order valence-corrected chi connectivity index (χ1v) is 9.87. The fourth-order valence-electron chi connectivity index (χ4n) is 3.38. The summed E-state index contributed by atoms with van der Waals surface area (Å²) < 4.78 is 15.4. The number of amides is 1. The number of nitrogens with two attached hydrogens (primary N) is 1. The standard InChI is InChI=1S/C20H22N2O6S/c1-5-28-20(25)14-13(11-6-8-12(26-3)9-7-11)15(19(24)27-4)18-22(16(14)21)17(23)10(2)29-18/h6-10,13H,5,21H2,1-4H3/t10-,13-/m1/s1. The number of fused-ring (bicyclic) bond motifs is 1. The highest BCUT2D eigenvalue weighted by Gasteiger charge is 2.48. The van der Waals surface area contributed by atoms with E-state index in [0.29, 0.717) is 16.3 Å². The van der Waals surface area contributed by atoms with Crippen molar-refractivity contribution in [3.8, 4) is 5.75 Å². The van der Waals surface area contributed by atoms with Crippen molar-refractivity contribution < 1.29 is 28.6 Å². The number of carbonyl (C=O) groups excluding carboxylic acids is 3. The number of rotatable bonds is 5. The zero-order valence-corrected chi connectivity index (χ0v) is 17.4. The van der Waals surface area contributed by atoms with Crippen LogP contribution in [-0.2, 0) is 23.9 Å². The quantitative estimate of drug-likeness (QED) is 0.722. The molecule has 1 aromatic rings. The second-order valence-electron chi connectivity index (χ2n) is 6.37. The van der Waals surface area contributed by atoms with Gasteiger partial charge in [-0.05, 0) is 31.5 Å². The van der Waals surface area contributed by atoms with Crippen molar-refractivity contribution in [3.63, 3.8) is 0 Å². The Morgan fingerprint density at radius 2 is 1.79 bits per heavy atom. The summed E-state index contributed by atoms with van der Waals surface area (Å²) in [5, 5.41) is -0.0815. The zero-order valence-electron chi connectivity index (χ0n) is 16.6. The van der Waals surface area contributed by atoms with E-state index in [1.165, 1.54) is 23.8 Å². The van der Waals surface area contributed by atoms with Gasteiger partial charge in [-0.2, -0.15) is 0 Å². The van der Waals surface area contributed by atoms with E-state index in [2.05, 4.69) is 0 Å². The minimum atomic E-state index is -0.843. The Kier molecular flexibility index (Phi) is 5.88. The molecule has 1 fully saturated rings. The molecule has 1 aromatic carbocycles. The number of ether oxygens (including phenoxy) is 3. The van der Waals surface area contributed by atoms with Crippen molar-refractivity contribution in [1.29, 1.82) is 0 Å². The molecule has 3 rings (SSSR count). The van der Waals surface area contributed by atoms with Gasteiger partial charge in [0.2, 0.25) is 5.91 Å². The molecule has 2 aliphatic rings. The highest BCUT2D eigenvalue weighted by molar-refractivity contribution is 8.04. The number of hydrogen-bond donors (Lipinski definition) is 1. The first kappa shape index (κ1) is 20.8. The topological polar surface area (TPSA) is 108 Å². The van der Waals surface area contributed by atoms with E-state index in [1.807, 2.05) is 0 Å². The molecule has 154 valence electrons. The molecular formula is C20H22N2O6S. The second kappa shape index (κ2) is 8.20. The molecule has 0 unspecified atom stereocenters. The van der Waals surface area contributed by atoms with Crippen molar-refractivity contribution >= 4 is 29.6 Å². The van der Waals surface area contributed by atoms with Gasteiger partial charge in [-0.15, -0.1) is 0 Å². The summed E-state index contributed by atoms with van der Waals surface area (Å²) in [5.74, 6) is -1.90. The minimum Gasteiger partial charge on any atom is -0.497 e. The van der Waals surface area contributed by atoms with Crippen LogP contribution in [0.1, 0.15) is 25.3 Å². The van der Waals surface area contributed by atoms with Crippen molar-refractivity contribution in [1.82, 2.24) is 4.90 Å². The van der Waals surface area contributed by atoms with Gasteiger partial charge in [0, 0.05) is 0 Å². The number of nitrogens with zero attached hydrogens (tertiary/aromatic N) is 1. The monoisotopic (exact) mass is 418 g/mol. The van der Waals surface area contributed by atoms with Gasteiger partial charge in [0.1, 0.15) is 11.6 Å². The van der Waals surface area contributed by atoms with Gasteiger partial charge in [0.25, 0.3) is 0 Å². The molecule has 2 atom stereocenters. The number of thioether (sulfide) groups is 1. The molecule has 2 heterocycles. The van der Waals surface area contributed by atoms with E-state index in [9.17, 15) is 14.4 Å². The molecule has 2 aliphatic heterocycles. The van der Waals surface area contributed by atoms with Crippen LogP contribution in [0.4, 0.5) is 0 Å². The highest BCUT2D eigenvalue weighted by Crippen LogP contribution is 2.49. The van der Waals surface area contributed by atoms with Gasteiger partial charge >= 0.3 is 11.9 Å². The fourth-order valence-corrected chi connectivity index (χ4v) is 4.54. The number of benzene rings is 1. The molecule has 29 heavy (non-hydrogen) atoms. The first-order valence-electron chi connectivity index (χ1n) is 8.99. The SMILES string of the molecule is CCOC(=O)C1=C(N)N2C(=O)[C@@H](C)SC2=C(C(=O)OC)[C@@H]1c1ccc(OC)cc1. The fraction of sp³-hybridized carbons (Fsp3) is 0.350. The van der Waals surface area contributed by atoms with E-state index in [0.717, 1.165) is 0 Å². The zero-order chi connectivity index (χ0) is 21.3. The van der Waals surface area contributed by atoms with E-state index < -0.39 is 23.1 Å². The minimum absolute atomic E-state index is 0.0317. The van der Waals surface area contributed by atoms with Crippen molar-refractivity contribution in [3.05, 3.63) is 51.8 Å². The maximum absolute atomic E-state index is 12.8. The summed E-state index contributed by atoms with van der Waals surface area (Å²) in [5.41, 5.74) is 7.13. The predicted molar refractivity (Wildman–Crippen MR) is 107 cm³/mol. The van der Waals surface area contributed by atoms with E-state index in [4.69, 9.17) is 19.9 Å². The van der Waals surface area contributed by atoms with Crippen LogP contribution in [-0.4, -0.2) is 48.8 Å². The molecule has 0 radical (unpaired) electrons. The first-order chi connectivity index (χ1) is 13.8. The summed E-state index contributed by atoms with van der Waals surface area (Å²) in [7, 11) is 2.79. The molecular weight excluding hydrogens is 396 g/mol. The lowest BCUT2D eigenvalue weighted by Gasteiger charge is -2.33. The van der Waals surface area contributed by atoms with Crippen molar-refractivity contribution in [2.24, 2.45) is 5.73 Å². The lowest BCUT2D eigenvalue weighted by Crippen LogP contribution is -2.40. The third-order valence-electron chi connectivity index (χ3n) is 4.73. The number of methoxy groups -OCH3 is 2. The second-order valence-corrected chi connectivity index (χ2v) is 7.70. The Balaban J connectivity index is 2.28. The smallest absolute Gasteiger partial charge is 0.338 e. The van der Waals surface area contributed by atoms with Crippen LogP contribution in [0.25, 0.3) is 0 Å². The Bertz CT molecular complexity index is 921. The van der Waals surface area contributed by atoms with Crippen LogP contribution in [0.15, 0.2) is 46.3 Å². The molecule has 1 amide bonds. The molecule has 2 N–H and O–H groups in total. The average molecular weight is 418 g/mol. The Morgan fingerprint density at radius 1 is 1.14 bits per heavy atom. The number of carbonyl (C=O) groups is 3. The van der Waals surface area contributed by atoms with Gasteiger partial charge in [-0.1, -0.05) is 23.9 Å². The highest BCUT2D eigenvalue weighted by atomic mass is 32.2. The summed E-state index contributed by atoms with van der Waals surface area (Å²) in [6.07, 6.45) is 0. The van der Waals surface area contributed by atoms with E-state index >= 15 is 0 Å². The Hall–Kier alpha value is -2.94. The van der Waals surface area contributed by atoms with Gasteiger partial charge in [-0.3, -0.25) is 9.69 Å². The molecule has 0 aromatic heterocycles. The number of hydrogen-bond acceptors (Lipinski definition) is 8. The van der Waals surface area contributed by atoms with Gasteiger partial charge < -0.3 is 19.9 Å². The molecule has 0 spiro atoms. The van der Waals surface area contributed by atoms with Crippen LogP contribution in [0.2, 0.25) is 0 Å². The lowest BCUT2D eigenvalue weighted by atomic mass is 9.82. The van der Waals surface area contributed by atoms with Crippen molar-refractivity contribution in [2.45, 2.75) is 25.0 Å². The lowest BCUT2D eigenvalue weighted by molar-refractivity contribution is -0.139. The van der Waals surface area contributed by atoms with Crippen LogP contribution in [0.3, 0.4) is 0 Å². The van der Waals surface area contributed by atoms with Crippen LogP contribution in [0, 0.1) is 0 Å². The summed E-state index contributed by atoms with van der Waals surface area (Å²) in [6.45, 7) is 3.50. The van der Waals surface area contributed by atoms with Gasteiger partial charge in [0.15, 0.2) is 0 Å². The molecule has 1 saturated heterocycles. The van der Waals surface area contributed by atoms with Gasteiger partial charge in [-0.25, -0.2) is 9.59 Å². The van der Waals surface area contributed by atoms with Crippen molar-refractivity contribution in [2.75, 3.05) is 20.8 Å². The Morgan fingerprint density at radius 3 is 2.34 bits per heavy atom. The maximum atomic E-state index is 12.8. The molecule has 0 aliphatic carbocycles. The third kappa shape index (κ3) is 3.46. The maximum Gasteiger partial charge on any atom is 0.338 e. The van der Waals surface area contributed by atoms with Crippen LogP contribution in [0.5, 0.6) is 5.75 Å². The third-order valence-corrected chi connectivity index (χ3v) is 5.91. The summed E-state index contributed by atoms with van der Waals surface area (Å²) >= 11 is 1.21. The van der Waals surface area contributed by atoms with E-state index in [1.54, 1.807) is 45.2 Å². The summed E-state index contributed by atoms with van der Waals surface area (Å²) in [4.78, 5) is 39.5. The Labute approximate surface area is 172 Å². The largest absolute Gasteiger partial charge is 0.497 e.